The molecule has 1 aromatic carbocycles. The lowest BCUT2D eigenvalue weighted by Gasteiger charge is -2.36. The molecule has 0 aliphatic carbocycles. The van der Waals surface area contributed by atoms with Crippen LogP contribution in [0.4, 0.5) is 5.69 Å². The van der Waals surface area contributed by atoms with Crippen molar-refractivity contribution in [2.24, 2.45) is 0 Å². The normalized spacial score (nSPS) is 33.8. The summed E-state index contributed by atoms with van der Waals surface area (Å²) in [6.07, 6.45) is -3.73. The summed E-state index contributed by atoms with van der Waals surface area (Å²) in [5, 5.41) is 15.1. The Balaban J connectivity index is 1.46. The third kappa shape index (κ3) is 4.39. The molecule has 3 N–H and O–H groups in total. The van der Waals surface area contributed by atoms with Gasteiger partial charge in [0.05, 0.1) is 5.69 Å². The summed E-state index contributed by atoms with van der Waals surface area (Å²) in [6, 6.07) is 5.42. The predicted molar refractivity (Wildman–Crippen MR) is 107 cm³/mol. The third-order valence-corrected chi connectivity index (χ3v) is 5.33. The number of hydrogen-bond donors (Lipinski definition) is 3. The first-order chi connectivity index (χ1) is 14.5. The zero-order chi connectivity index (χ0) is 22.6. The second-order valence-electron chi connectivity index (χ2n) is 8.83. The molecule has 0 aromatic heterocycles. The highest BCUT2D eigenvalue weighted by Gasteiger charge is 2.62. The van der Waals surface area contributed by atoms with Gasteiger partial charge >= 0.3 is 0 Å². The molecule has 10 nitrogen and oxygen atoms in total. The summed E-state index contributed by atoms with van der Waals surface area (Å²) in [4.78, 5) is 25.5. The van der Waals surface area contributed by atoms with E-state index in [1.807, 2.05) is 0 Å². The summed E-state index contributed by atoms with van der Waals surface area (Å²) < 4.78 is 29.5. The summed E-state index contributed by atoms with van der Waals surface area (Å²) in [5.74, 6) is -2.94. The molecule has 0 radical (unpaired) electrons. The monoisotopic (exact) mass is 436 g/mol. The second kappa shape index (κ2) is 7.72. The molecule has 0 spiro atoms. The number of aromatic hydroxyl groups is 1. The Hall–Kier alpha value is -2.24. The highest BCUT2D eigenvalue weighted by molar-refractivity contribution is 5.98. The Bertz CT molecular complexity index is 873. The van der Waals surface area contributed by atoms with Crippen molar-refractivity contribution in [1.29, 1.82) is 0 Å². The van der Waals surface area contributed by atoms with Gasteiger partial charge in [-0.25, -0.2) is 0 Å². The Morgan fingerprint density at radius 3 is 2.29 bits per heavy atom. The topological polar surface area (TPSA) is 125 Å². The van der Waals surface area contributed by atoms with Crippen molar-refractivity contribution in [3.05, 3.63) is 24.3 Å². The van der Waals surface area contributed by atoms with Crippen LogP contribution in [-0.4, -0.2) is 65.2 Å². The first kappa shape index (κ1) is 22.0. The van der Waals surface area contributed by atoms with Crippen LogP contribution in [0.3, 0.4) is 0 Å². The highest BCUT2D eigenvalue weighted by Crippen LogP contribution is 2.44. The fourth-order valence-corrected chi connectivity index (χ4v) is 4.00. The molecule has 3 aliphatic heterocycles. The minimum Gasteiger partial charge on any atom is -0.506 e. The van der Waals surface area contributed by atoms with Gasteiger partial charge < -0.3 is 39.4 Å². The lowest BCUT2D eigenvalue weighted by atomic mass is 9.98. The second-order valence-corrected chi connectivity index (χ2v) is 8.83. The van der Waals surface area contributed by atoms with Gasteiger partial charge in [0.2, 0.25) is 5.91 Å². The van der Waals surface area contributed by atoms with Crippen LogP contribution in [0.1, 0.15) is 34.6 Å². The van der Waals surface area contributed by atoms with Gasteiger partial charge in [-0.1, -0.05) is 12.1 Å². The Labute approximate surface area is 180 Å². The number of carbonyl (C=O) groups excluding carboxylic acids is 2. The van der Waals surface area contributed by atoms with Crippen molar-refractivity contribution in [2.75, 3.05) is 5.32 Å². The van der Waals surface area contributed by atoms with Crippen LogP contribution in [0.25, 0.3) is 0 Å². The average Bonchev–Trinajstić information content (AvgIpc) is 3.16. The van der Waals surface area contributed by atoms with Gasteiger partial charge in [0, 0.05) is 0 Å². The lowest BCUT2D eigenvalue weighted by molar-refractivity contribution is -0.231. The van der Waals surface area contributed by atoms with Gasteiger partial charge in [-0.2, -0.15) is 0 Å². The number of para-hydroxylation sites is 2. The molecule has 3 fully saturated rings. The number of rotatable bonds is 4. The molecular weight excluding hydrogens is 408 g/mol. The van der Waals surface area contributed by atoms with E-state index in [-0.39, 0.29) is 11.4 Å². The van der Waals surface area contributed by atoms with E-state index in [1.54, 1.807) is 45.9 Å². The number of phenols is 1. The largest absolute Gasteiger partial charge is 0.506 e. The summed E-state index contributed by atoms with van der Waals surface area (Å²) in [7, 11) is 0. The molecule has 0 bridgehead atoms. The smallest absolute Gasteiger partial charge is 0.252 e. The van der Waals surface area contributed by atoms with Crippen LogP contribution in [0, 0.1) is 0 Å². The predicted octanol–water partition coefficient (Wildman–Crippen LogP) is 1.23. The van der Waals surface area contributed by atoms with Crippen molar-refractivity contribution in [3.8, 4) is 5.75 Å². The van der Waals surface area contributed by atoms with Crippen molar-refractivity contribution < 1.29 is 38.4 Å². The zero-order valence-electron chi connectivity index (χ0n) is 18.1. The minimum absolute atomic E-state index is 0.0707. The standard InChI is InChI=1S/C21H28N2O8/c1-10(17(25)23-11-8-6-7-9-12(11)24)22-18(26)15-13-14(29-20(2,3)28-13)16-19(27-15)31-21(4,5)30-16/h6-10,13-16,19,24H,1-5H3,(H,22,26)(H,23,25)/t10-,13-,14-,15+,16-,19+/m0/s1. The number of benzene rings is 1. The lowest BCUT2D eigenvalue weighted by Crippen LogP contribution is -2.60. The van der Waals surface area contributed by atoms with E-state index >= 15 is 0 Å². The minimum atomic E-state index is -1.06. The van der Waals surface area contributed by atoms with Crippen molar-refractivity contribution in [3.63, 3.8) is 0 Å². The highest BCUT2D eigenvalue weighted by atomic mass is 16.9. The number of nitrogens with one attached hydrogen (secondary N) is 2. The van der Waals surface area contributed by atoms with E-state index in [1.165, 1.54) is 13.0 Å². The number of amides is 2. The van der Waals surface area contributed by atoms with E-state index in [0.717, 1.165) is 0 Å². The van der Waals surface area contributed by atoms with Gasteiger partial charge in [-0.15, -0.1) is 0 Å². The molecule has 4 rings (SSSR count). The fraction of sp³-hybridized carbons (Fsp3) is 0.619. The number of phenolic OH excluding ortho intramolecular Hbond substituents is 1. The number of ether oxygens (including phenoxy) is 5. The molecule has 3 heterocycles. The molecule has 0 saturated carbocycles. The van der Waals surface area contributed by atoms with E-state index < -0.39 is 60.1 Å². The summed E-state index contributed by atoms with van der Waals surface area (Å²) in [5.41, 5.74) is 0.249. The first-order valence-corrected chi connectivity index (χ1v) is 10.2. The van der Waals surface area contributed by atoms with Crippen LogP contribution >= 0.6 is 0 Å². The van der Waals surface area contributed by atoms with E-state index in [2.05, 4.69) is 10.6 Å². The maximum Gasteiger partial charge on any atom is 0.252 e. The molecule has 0 unspecified atom stereocenters. The van der Waals surface area contributed by atoms with Crippen molar-refractivity contribution >= 4 is 17.5 Å². The maximum absolute atomic E-state index is 13.0. The zero-order valence-corrected chi connectivity index (χ0v) is 18.1. The van der Waals surface area contributed by atoms with Crippen LogP contribution < -0.4 is 10.6 Å². The summed E-state index contributed by atoms with van der Waals surface area (Å²) in [6.45, 7) is 8.54. The van der Waals surface area contributed by atoms with E-state index in [0.29, 0.717) is 0 Å². The number of carbonyl (C=O) groups is 2. The third-order valence-electron chi connectivity index (χ3n) is 5.33. The SMILES string of the molecule is C[C@H](NC(=O)[C@@H]1O[C@@H]2OC(C)(C)O[C@H]2[C@H]2OC(C)(C)O[C@@H]21)C(=O)Nc1ccccc1O. The van der Waals surface area contributed by atoms with Gasteiger partial charge in [-0.3, -0.25) is 9.59 Å². The van der Waals surface area contributed by atoms with Crippen LogP contribution in [0.5, 0.6) is 5.75 Å². The molecule has 3 saturated heterocycles. The van der Waals surface area contributed by atoms with Crippen molar-refractivity contribution in [1.82, 2.24) is 5.32 Å². The Morgan fingerprint density at radius 2 is 1.58 bits per heavy atom. The molecule has 10 heteroatoms. The number of hydrogen-bond acceptors (Lipinski definition) is 8. The Morgan fingerprint density at radius 1 is 0.968 bits per heavy atom. The van der Waals surface area contributed by atoms with Gasteiger partial charge in [-0.05, 0) is 46.8 Å². The van der Waals surface area contributed by atoms with Gasteiger partial charge in [0.25, 0.3) is 5.91 Å². The maximum atomic E-state index is 13.0. The van der Waals surface area contributed by atoms with Crippen LogP contribution in [-0.2, 0) is 33.3 Å². The van der Waals surface area contributed by atoms with Crippen LogP contribution in [0.15, 0.2) is 24.3 Å². The molecule has 2 amide bonds. The molecule has 31 heavy (non-hydrogen) atoms. The van der Waals surface area contributed by atoms with Crippen LogP contribution in [0.2, 0.25) is 0 Å². The fourth-order valence-electron chi connectivity index (χ4n) is 4.00. The summed E-state index contributed by atoms with van der Waals surface area (Å²) >= 11 is 0. The Kier molecular flexibility index (Phi) is 5.47. The van der Waals surface area contributed by atoms with Gasteiger partial charge in [0.1, 0.15) is 30.1 Å². The van der Waals surface area contributed by atoms with E-state index in [9.17, 15) is 14.7 Å². The molecule has 1 aromatic rings. The van der Waals surface area contributed by atoms with Crippen molar-refractivity contribution in [2.45, 2.75) is 82.9 Å². The molecule has 6 atom stereocenters. The number of anilines is 1. The van der Waals surface area contributed by atoms with E-state index in [4.69, 9.17) is 23.7 Å². The molecule has 170 valence electrons. The number of fused-ring (bicyclic) bond motifs is 3. The molecular formula is C21H28N2O8. The first-order valence-electron chi connectivity index (χ1n) is 10.2. The molecule has 3 aliphatic rings. The average molecular weight is 436 g/mol. The van der Waals surface area contributed by atoms with Gasteiger partial charge in [0.15, 0.2) is 24.0 Å². The quantitative estimate of drug-likeness (QED) is 0.602.